The van der Waals surface area contributed by atoms with E-state index in [0.717, 1.165) is 22.4 Å². The van der Waals surface area contributed by atoms with Crippen molar-refractivity contribution in [3.05, 3.63) is 46.8 Å². The zero-order valence-electron chi connectivity index (χ0n) is 15.4. The fourth-order valence-corrected chi connectivity index (χ4v) is 5.64. The highest BCUT2D eigenvalue weighted by molar-refractivity contribution is 7.17. The lowest BCUT2D eigenvalue weighted by Crippen LogP contribution is -2.38. The average Bonchev–Trinajstić information content (AvgIpc) is 3.28. The van der Waals surface area contributed by atoms with Gasteiger partial charge in [0.25, 0.3) is 0 Å². The van der Waals surface area contributed by atoms with Crippen molar-refractivity contribution in [2.45, 2.75) is 57.5 Å². The molecule has 5 heteroatoms. The molecule has 1 N–H and O–H groups in total. The molecule has 4 nitrogen and oxygen atoms in total. The van der Waals surface area contributed by atoms with Crippen LogP contribution in [0, 0.1) is 5.92 Å². The summed E-state index contributed by atoms with van der Waals surface area (Å²) in [6, 6.07) is 12.1. The quantitative estimate of drug-likeness (QED) is 0.773. The van der Waals surface area contributed by atoms with Crippen LogP contribution in [0.2, 0.25) is 0 Å². The molecule has 142 valence electrons. The smallest absolute Gasteiger partial charge is 0.346 e. The average molecular weight is 384 g/mol. The Hall–Kier alpha value is -2.14. The largest absolute Gasteiger partial charge is 0.477 e. The SMILES string of the molecule is O=C(O)c1sc(-c2ccccc2)cc1CN1C(=O)CCC1C1CCCCC1. The van der Waals surface area contributed by atoms with Crippen molar-refractivity contribution in [3.63, 3.8) is 0 Å². The summed E-state index contributed by atoms with van der Waals surface area (Å²) in [4.78, 5) is 27.7. The normalized spacial score (nSPS) is 21.0. The van der Waals surface area contributed by atoms with Gasteiger partial charge in [0.05, 0.1) is 0 Å². The predicted octanol–water partition coefficient (Wildman–Crippen LogP) is 5.18. The highest BCUT2D eigenvalue weighted by atomic mass is 32.1. The van der Waals surface area contributed by atoms with Gasteiger partial charge >= 0.3 is 5.97 Å². The Morgan fingerprint density at radius 1 is 1.11 bits per heavy atom. The number of benzene rings is 1. The van der Waals surface area contributed by atoms with Crippen molar-refractivity contribution in [2.24, 2.45) is 5.92 Å². The van der Waals surface area contributed by atoms with Crippen LogP contribution in [0.15, 0.2) is 36.4 Å². The first kappa shape index (κ1) is 18.2. The first-order chi connectivity index (χ1) is 13.1. The second-order valence-electron chi connectivity index (χ2n) is 7.66. The van der Waals surface area contributed by atoms with E-state index in [1.54, 1.807) is 0 Å². The van der Waals surface area contributed by atoms with E-state index >= 15 is 0 Å². The summed E-state index contributed by atoms with van der Waals surface area (Å²) in [7, 11) is 0. The number of thiophene rings is 1. The molecule has 0 bridgehead atoms. The van der Waals surface area contributed by atoms with E-state index < -0.39 is 5.97 Å². The summed E-state index contributed by atoms with van der Waals surface area (Å²) in [5.74, 6) is -0.155. The number of likely N-dealkylation sites (tertiary alicyclic amines) is 1. The third-order valence-corrected chi connectivity index (χ3v) is 7.19. The van der Waals surface area contributed by atoms with Crippen molar-refractivity contribution in [1.29, 1.82) is 0 Å². The van der Waals surface area contributed by atoms with Crippen LogP contribution in [0.25, 0.3) is 10.4 Å². The maximum absolute atomic E-state index is 12.6. The first-order valence-corrected chi connectivity index (χ1v) is 10.7. The zero-order valence-corrected chi connectivity index (χ0v) is 16.2. The molecule has 0 spiro atoms. The first-order valence-electron chi connectivity index (χ1n) is 9.84. The molecule has 1 unspecified atom stereocenters. The number of hydrogen-bond acceptors (Lipinski definition) is 3. The van der Waals surface area contributed by atoms with Gasteiger partial charge in [0.2, 0.25) is 5.91 Å². The van der Waals surface area contributed by atoms with E-state index in [2.05, 4.69) is 0 Å². The molecule has 1 amide bonds. The van der Waals surface area contributed by atoms with Gasteiger partial charge in [0.1, 0.15) is 4.88 Å². The molecule has 2 fully saturated rings. The van der Waals surface area contributed by atoms with E-state index in [-0.39, 0.29) is 11.9 Å². The van der Waals surface area contributed by atoms with Crippen molar-refractivity contribution >= 4 is 23.2 Å². The number of carboxylic acids is 1. The standard InChI is InChI=1S/C22H25NO3S/c24-20-12-11-18(15-7-3-1-4-8-15)23(20)14-17-13-19(27-21(17)22(25)26)16-9-5-2-6-10-16/h2,5-6,9-10,13,15,18H,1,3-4,7-8,11-12,14H2,(H,25,26). The highest BCUT2D eigenvalue weighted by Crippen LogP contribution is 2.38. The Balaban J connectivity index is 1.61. The third-order valence-electron chi connectivity index (χ3n) is 5.97. The second kappa shape index (κ2) is 7.85. The predicted molar refractivity (Wildman–Crippen MR) is 107 cm³/mol. The molecular formula is C22H25NO3S. The summed E-state index contributed by atoms with van der Waals surface area (Å²) in [5.41, 5.74) is 1.79. The minimum atomic E-state index is -0.905. The lowest BCUT2D eigenvalue weighted by Gasteiger charge is -2.34. The van der Waals surface area contributed by atoms with Gasteiger partial charge in [-0.15, -0.1) is 11.3 Å². The van der Waals surface area contributed by atoms with Crippen molar-refractivity contribution in [2.75, 3.05) is 0 Å². The summed E-state index contributed by atoms with van der Waals surface area (Å²) in [5, 5.41) is 9.69. The summed E-state index contributed by atoms with van der Waals surface area (Å²) >= 11 is 1.30. The van der Waals surface area contributed by atoms with E-state index in [0.29, 0.717) is 23.8 Å². The van der Waals surface area contributed by atoms with Crippen molar-refractivity contribution in [3.8, 4) is 10.4 Å². The molecule has 1 aliphatic carbocycles. The van der Waals surface area contributed by atoms with Crippen LogP contribution in [0.1, 0.15) is 60.2 Å². The van der Waals surface area contributed by atoms with Gasteiger partial charge in [-0.05, 0) is 42.4 Å². The molecule has 2 aromatic rings. The minimum Gasteiger partial charge on any atom is -0.477 e. The van der Waals surface area contributed by atoms with Crippen LogP contribution in [0.5, 0.6) is 0 Å². The maximum atomic E-state index is 12.6. The number of nitrogens with zero attached hydrogens (tertiary/aromatic N) is 1. The molecule has 2 heterocycles. The van der Waals surface area contributed by atoms with Gasteiger partial charge in [-0.3, -0.25) is 4.79 Å². The second-order valence-corrected chi connectivity index (χ2v) is 8.71. The van der Waals surface area contributed by atoms with Gasteiger partial charge < -0.3 is 10.0 Å². The Morgan fingerprint density at radius 3 is 2.56 bits per heavy atom. The van der Waals surface area contributed by atoms with Gasteiger partial charge in [-0.2, -0.15) is 0 Å². The van der Waals surface area contributed by atoms with Crippen molar-refractivity contribution < 1.29 is 14.7 Å². The number of rotatable bonds is 5. The lowest BCUT2D eigenvalue weighted by atomic mass is 9.83. The molecule has 0 radical (unpaired) electrons. The fourth-order valence-electron chi connectivity index (χ4n) is 4.63. The fraction of sp³-hybridized carbons (Fsp3) is 0.455. The number of carbonyl (C=O) groups is 2. The summed E-state index contributed by atoms with van der Waals surface area (Å²) in [6.07, 6.45) is 7.70. The van der Waals surface area contributed by atoms with Crippen LogP contribution in [-0.4, -0.2) is 27.9 Å². The summed E-state index contributed by atoms with van der Waals surface area (Å²) in [6.45, 7) is 0.422. The molecule has 1 aliphatic heterocycles. The Kier molecular flexibility index (Phi) is 5.30. The molecule has 1 saturated carbocycles. The molecule has 4 rings (SSSR count). The van der Waals surface area contributed by atoms with Crippen LogP contribution < -0.4 is 0 Å². The third kappa shape index (κ3) is 3.79. The monoisotopic (exact) mass is 383 g/mol. The number of hydrogen-bond donors (Lipinski definition) is 1. The molecule has 1 atom stereocenters. The summed E-state index contributed by atoms with van der Waals surface area (Å²) < 4.78 is 0. The number of amides is 1. The molecule has 27 heavy (non-hydrogen) atoms. The van der Waals surface area contributed by atoms with Crippen LogP contribution in [-0.2, 0) is 11.3 Å². The zero-order chi connectivity index (χ0) is 18.8. The Bertz CT molecular complexity index is 823. The number of carbonyl (C=O) groups excluding carboxylic acids is 1. The molecular weight excluding hydrogens is 358 g/mol. The van der Waals surface area contributed by atoms with Gasteiger partial charge in [-0.1, -0.05) is 49.6 Å². The topological polar surface area (TPSA) is 57.6 Å². The van der Waals surface area contributed by atoms with E-state index in [1.165, 1.54) is 43.4 Å². The molecule has 1 saturated heterocycles. The van der Waals surface area contributed by atoms with Gasteiger partial charge in [0.15, 0.2) is 0 Å². The van der Waals surface area contributed by atoms with Crippen LogP contribution >= 0.6 is 11.3 Å². The highest BCUT2D eigenvalue weighted by Gasteiger charge is 2.37. The molecule has 1 aromatic carbocycles. The van der Waals surface area contributed by atoms with Crippen LogP contribution in [0.3, 0.4) is 0 Å². The number of aromatic carboxylic acids is 1. The maximum Gasteiger partial charge on any atom is 0.346 e. The molecule has 1 aromatic heterocycles. The minimum absolute atomic E-state index is 0.175. The van der Waals surface area contributed by atoms with Crippen molar-refractivity contribution in [1.82, 2.24) is 4.90 Å². The van der Waals surface area contributed by atoms with Gasteiger partial charge in [-0.25, -0.2) is 4.79 Å². The Labute approximate surface area is 163 Å². The van der Waals surface area contributed by atoms with E-state index in [1.807, 2.05) is 41.3 Å². The molecule has 2 aliphatic rings. The van der Waals surface area contributed by atoms with E-state index in [9.17, 15) is 14.7 Å². The Morgan fingerprint density at radius 2 is 1.85 bits per heavy atom. The van der Waals surface area contributed by atoms with E-state index in [4.69, 9.17) is 0 Å². The number of carboxylic acid groups (broad SMARTS) is 1. The van der Waals surface area contributed by atoms with Gasteiger partial charge in [0, 0.05) is 23.9 Å². The lowest BCUT2D eigenvalue weighted by molar-refractivity contribution is -0.130. The van der Waals surface area contributed by atoms with Crippen LogP contribution in [0.4, 0.5) is 0 Å².